The molecule has 0 aliphatic carbocycles. The Kier molecular flexibility index (Phi) is 6.45. The van der Waals surface area contributed by atoms with Crippen LogP contribution in [-0.4, -0.2) is 53.5 Å². The van der Waals surface area contributed by atoms with Crippen molar-refractivity contribution in [2.75, 3.05) is 45.7 Å². The van der Waals surface area contributed by atoms with Gasteiger partial charge in [-0.1, -0.05) is 19.1 Å². The average Bonchev–Trinajstić information content (AvgIpc) is 2.43. The first-order valence-corrected chi connectivity index (χ1v) is 8.30. The van der Waals surface area contributed by atoms with Gasteiger partial charge >= 0.3 is 0 Å². The SMILES string of the molecule is CCCN(CCNC)c1ccccc1S(=O)(=O)N(C)C. The molecule has 1 N–H and O–H groups in total. The third kappa shape index (κ3) is 3.94. The van der Waals surface area contributed by atoms with Crippen LogP contribution in [0.5, 0.6) is 0 Å². The Bertz CT molecular complexity index is 515. The van der Waals surface area contributed by atoms with E-state index in [9.17, 15) is 8.42 Å². The Labute approximate surface area is 122 Å². The minimum absolute atomic E-state index is 0.370. The molecular formula is C14H25N3O2S. The third-order valence-corrected chi connectivity index (χ3v) is 4.95. The summed E-state index contributed by atoms with van der Waals surface area (Å²) in [6.45, 7) is 4.53. The molecule has 0 unspecified atom stereocenters. The van der Waals surface area contributed by atoms with E-state index in [1.165, 1.54) is 4.31 Å². The van der Waals surface area contributed by atoms with E-state index in [0.717, 1.165) is 31.7 Å². The van der Waals surface area contributed by atoms with E-state index in [4.69, 9.17) is 0 Å². The van der Waals surface area contributed by atoms with Crippen LogP contribution in [0.15, 0.2) is 29.2 Å². The lowest BCUT2D eigenvalue weighted by Gasteiger charge is -2.27. The van der Waals surface area contributed by atoms with Crippen molar-refractivity contribution in [3.63, 3.8) is 0 Å². The van der Waals surface area contributed by atoms with Crippen molar-refractivity contribution in [1.29, 1.82) is 0 Å². The highest BCUT2D eigenvalue weighted by Crippen LogP contribution is 2.26. The van der Waals surface area contributed by atoms with E-state index in [0.29, 0.717) is 4.90 Å². The summed E-state index contributed by atoms with van der Waals surface area (Å²) in [5.74, 6) is 0. The summed E-state index contributed by atoms with van der Waals surface area (Å²) >= 11 is 0. The van der Waals surface area contributed by atoms with Crippen LogP contribution < -0.4 is 10.2 Å². The minimum atomic E-state index is -3.42. The minimum Gasteiger partial charge on any atom is -0.369 e. The number of likely N-dealkylation sites (N-methyl/N-ethyl adjacent to an activating group) is 1. The standard InChI is InChI=1S/C14H25N3O2S/c1-5-11-17(12-10-15-2)13-8-6-7-9-14(13)20(18,19)16(3)4/h6-9,15H,5,10-12H2,1-4H3. The fraction of sp³-hybridized carbons (Fsp3) is 0.571. The molecule has 0 spiro atoms. The van der Waals surface area contributed by atoms with Gasteiger partial charge in [0, 0.05) is 33.7 Å². The average molecular weight is 299 g/mol. The lowest BCUT2D eigenvalue weighted by atomic mass is 10.2. The second-order valence-electron chi connectivity index (χ2n) is 4.85. The predicted octanol–water partition coefficient (Wildman–Crippen LogP) is 1.37. The number of para-hydroxylation sites is 1. The lowest BCUT2D eigenvalue weighted by molar-refractivity contribution is 0.520. The highest BCUT2D eigenvalue weighted by Gasteiger charge is 2.23. The molecule has 0 aliphatic rings. The topological polar surface area (TPSA) is 52.7 Å². The molecule has 20 heavy (non-hydrogen) atoms. The molecule has 0 heterocycles. The molecule has 0 aromatic heterocycles. The maximum atomic E-state index is 12.4. The summed E-state index contributed by atoms with van der Waals surface area (Å²) in [5, 5.41) is 3.11. The first-order valence-electron chi connectivity index (χ1n) is 6.86. The normalized spacial score (nSPS) is 11.8. The smallest absolute Gasteiger partial charge is 0.244 e. The fourth-order valence-corrected chi connectivity index (χ4v) is 3.11. The molecule has 0 atom stereocenters. The number of sulfonamides is 1. The molecule has 0 amide bonds. The van der Waals surface area contributed by atoms with Crippen molar-refractivity contribution in [1.82, 2.24) is 9.62 Å². The van der Waals surface area contributed by atoms with Crippen LogP contribution in [0.25, 0.3) is 0 Å². The van der Waals surface area contributed by atoms with Crippen LogP contribution in [0.4, 0.5) is 5.69 Å². The van der Waals surface area contributed by atoms with Crippen LogP contribution >= 0.6 is 0 Å². The summed E-state index contributed by atoms with van der Waals surface area (Å²) in [7, 11) is 1.59. The van der Waals surface area contributed by atoms with E-state index in [2.05, 4.69) is 17.1 Å². The Morgan fingerprint density at radius 2 is 1.80 bits per heavy atom. The first kappa shape index (κ1) is 16.9. The van der Waals surface area contributed by atoms with Gasteiger partial charge in [0.15, 0.2) is 0 Å². The summed E-state index contributed by atoms with van der Waals surface area (Å²) in [4.78, 5) is 2.49. The molecule has 1 aromatic carbocycles. The molecule has 0 bridgehead atoms. The van der Waals surface area contributed by atoms with E-state index >= 15 is 0 Å². The van der Waals surface area contributed by atoms with E-state index in [1.54, 1.807) is 26.2 Å². The van der Waals surface area contributed by atoms with Gasteiger partial charge in [-0.15, -0.1) is 0 Å². The second kappa shape index (κ2) is 7.61. The van der Waals surface area contributed by atoms with Gasteiger partial charge in [0.05, 0.1) is 5.69 Å². The van der Waals surface area contributed by atoms with Gasteiger partial charge < -0.3 is 10.2 Å². The van der Waals surface area contributed by atoms with Gasteiger partial charge in [-0.05, 0) is 25.6 Å². The van der Waals surface area contributed by atoms with Gasteiger partial charge in [-0.25, -0.2) is 12.7 Å². The zero-order chi connectivity index (χ0) is 15.2. The summed E-state index contributed by atoms with van der Waals surface area (Å²) < 4.78 is 26.1. The maximum Gasteiger partial charge on any atom is 0.244 e. The Hall–Kier alpha value is -1.11. The molecule has 0 aliphatic heterocycles. The van der Waals surface area contributed by atoms with Crippen LogP contribution in [0.1, 0.15) is 13.3 Å². The van der Waals surface area contributed by atoms with Gasteiger partial charge in [-0.3, -0.25) is 0 Å². The van der Waals surface area contributed by atoms with Crippen molar-refractivity contribution >= 4 is 15.7 Å². The molecule has 5 nitrogen and oxygen atoms in total. The highest BCUT2D eigenvalue weighted by molar-refractivity contribution is 7.89. The van der Waals surface area contributed by atoms with Gasteiger partial charge in [0.25, 0.3) is 0 Å². The number of benzene rings is 1. The first-order chi connectivity index (χ1) is 9.45. The van der Waals surface area contributed by atoms with E-state index in [-0.39, 0.29) is 0 Å². The van der Waals surface area contributed by atoms with Crippen molar-refractivity contribution < 1.29 is 8.42 Å². The summed E-state index contributed by atoms with van der Waals surface area (Å²) in [6.07, 6.45) is 0.972. The Morgan fingerprint density at radius 1 is 1.15 bits per heavy atom. The Balaban J connectivity index is 3.22. The van der Waals surface area contributed by atoms with Gasteiger partial charge in [0.2, 0.25) is 10.0 Å². The maximum absolute atomic E-state index is 12.4. The zero-order valence-corrected chi connectivity index (χ0v) is 13.6. The van der Waals surface area contributed by atoms with Crippen LogP contribution in [-0.2, 0) is 10.0 Å². The van der Waals surface area contributed by atoms with Crippen molar-refractivity contribution in [2.24, 2.45) is 0 Å². The zero-order valence-electron chi connectivity index (χ0n) is 12.8. The molecule has 0 fully saturated rings. The van der Waals surface area contributed by atoms with Crippen molar-refractivity contribution in [3.8, 4) is 0 Å². The van der Waals surface area contributed by atoms with E-state index < -0.39 is 10.0 Å². The molecule has 0 saturated heterocycles. The number of anilines is 1. The second-order valence-corrected chi connectivity index (χ2v) is 6.97. The van der Waals surface area contributed by atoms with Crippen molar-refractivity contribution in [3.05, 3.63) is 24.3 Å². The molecule has 114 valence electrons. The van der Waals surface area contributed by atoms with Gasteiger partial charge in [-0.2, -0.15) is 0 Å². The fourth-order valence-electron chi connectivity index (χ4n) is 2.00. The van der Waals surface area contributed by atoms with E-state index in [1.807, 2.05) is 19.2 Å². The van der Waals surface area contributed by atoms with Crippen LogP contribution in [0, 0.1) is 0 Å². The predicted molar refractivity (Wildman–Crippen MR) is 83.7 cm³/mol. The van der Waals surface area contributed by atoms with Crippen LogP contribution in [0.2, 0.25) is 0 Å². The molecule has 6 heteroatoms. The number of hydrogen-bond acceptors (Lipinski definition) is 4. The summed E-state index contributed by atoms with van der Waals surface area (Å²) in [6, 6.07) is 7.20. The molecule has 0 radical (unpaired) electrons. The van der Waals surface area contributed by atoms with Crippen LogP contribution in [0.3, 0.4) is 0 Å². The number of rotatable bonds is 8. The van der Waals surface area contributed by atoms with Gasteiger partial charge in [0.1, 0.15) is 4.90 Å². The quantitative estimate of drug-likeness (QED) is 0.788. The highest BCUT2D eigenvalue weighted by atomic mass is 32.2. The lowest BCUT2D eigenvalue weighted by Crippen LogP contribution is -2.33. The number of nitrogens with one attached hydrogen (secondary N) is 1. The largest absolute Gasteiger partial charge is 0.369 e. The third-order valence-electron chi connectivity index (χ3n) is 3.09. The monoisotopic (exact) mass is 299 g/mol. The number of hydrogen-bond donors (Lipinski definition) is 1. The molecule has 1 aromatic rings. The Morgan fingerprint density at radius 3 is 2.35 bits per heavy atom. The molecular weight excluding hydrogens is 274 g/mol. The molecule has 1 rings (SSSR count). The molecule has 0 saturated carbocycles. The van der Waals surface area contributed by atoms with Crippen molar-refractivity contribution in [2.45, 2.75) is 18.2 Å². The number of nitrogens with zero attached hydrogens (tertiary/aromatic N) is 2. The summed E-state index contributed by atoms with van der Waals surface area (Å²) in [5.41, 5.74) is 0.776.